The minimum atomic E-state index is 0.0305. The quantitative estimate of drug-likeness (QED) is 0.698. The van der Waals surface area contributed by atoms with Crippen molar-refractivity contribution in [3.8, 4) is 0 Å². The smallest absolute Gasteiger partial charge is 0.319 e. The van der Waals surface area contributed by atoms with Gasteiger partial charge < -0.3 is 4.90 Å². The van der Waals surface area contributed by atoms with E-state index in [4.69, 9.17) is 0 Å². The molecule has 78 valence electrons. The van der Waals surface area contributed by atoms with Gasteiger partial charge in [-0.1, -0.05) is 6.08 Å². The van der Waals surface area contributed by atoms with Crippen LogP contribution in [-0.4, -0.2) is 35.5 Å². The maximum Gasteiger partial charge on any atom is 0.324 e. The Morgan fingerprint density at radius 1 is 1.53 bits per heavy atom. The third kappa shape index (κ3) is 1.83. The number of aromatic nitrogens is 1. The Kier molecular flexibility index (Phi) is 2.67. The van der Waals surface area contributed by atoms with E-state index in [9.17, 15) is 4.79 Å². The molecule has 1 aromatic rings. The lowest BCUT2D eigenvalue weighted by Crippen LogP contribution is -2.31. The van der Waals surface area contributed by atoms with E-state index < -0.39 is 0 Å². The van der Waals surface area contributed by atoms with Gasteiger partial charge in [-0.15, -0.1) is 6.58 Å². The molecule has 0 aliphatic carbocycles. The van der Waals surface area contributed by atoms with Gasteiger partial charge in [0, 0.05) is 25.8 Å². The van der Waals surface area contributed by atoms with Gasteiger partial charge in [-0.25, -0.2) is 4.79 Å². The summed E-state index contributed by atoms with van der Waals surface area (Å²) in [6, 6.07) is 3.75. The molecule has 2 heterocycles. The van der Waals surface area contributed by atoms with Crippen molar-refractivity contribution >= 4 is 11.7 Å². The van der Waals surface area contributed by atoms with Crippen molar-refractivity contribution in [2.45, 2.75) is 0 Å². The van der Waals surface area contributed by atoms with Gasteiger partial charge in [-0.3, -0.25) is 9.88 Å². The van der Waals surface area contributed by atoms with E-state index in [1.54, 1.807) is 28.3 Å². The molecular formula is C11H13N3O. The van der Waals surface area contributed by atoms with Gasteiger partial charge >= 0.3 is 6.03 Å². The summed E-state index contributed by atoms with van der Waals surface area (Å²) < 4.78 is 0. The monoisotopic (exact) mass is 203 g/mol. The Balaban J connectivity index is 2.14. The van der Waals surface area contributed by atoms with E-state index in [2.05, 4.69) is 11.6 Å². The van der Waals surface area contributed by atoms with Crippen LogP contribution < -0.4 is 4.90 Å². The van der Waals surface area contributed by atoms with Crippen LogP contribution >= 0.6 is 0 Å². The first-order valence-corrected chi connectivity index (χ1v) is 4.90. The SMILES string of the molecule is C=CCN1CCN(c2cccnc2)C1=O. The number of hydrogen-bond donors (Lipinski definition) is 0. The molecule has 1 fully saturated rings. The third-order valence-corrected chi connectivity index (χ3v) is 2.40. The zero-order valence-electron chi connectivity index (χ0n) is 8.47. The highest BCUT2D eigenvalue weighted by molar-refractivity contribution is 5.93. The molecule has 0 atom stereocenters. The molecule has 0 aromatic carbocycles. The molecule has 0 bridgehead atoms. The predicted molar refractivity (Wildman–Crippen MR) is 58.7 cm³/mol. The zero-order valence-corrected chi connectivity index (χ0v) is 8.47. The van der Waals surface area contributed by atoms with E-state index in [0.717, 1.165) is 18.8 Å². The largest absolute Gasteiger partial charge is 0.324 e. The maximum atomic E-state index is 11.9. The Bertz CT molecular complexity index is 363. The molecule has 2 rings (SSSR count). The Labute approximate surface area is 88.8 Å². The topological polar surface area (TPSA) is 36.4 Å². The summed E-state index contributed by atoms with van der Waals surface area (Å²) in [4.78, 5) is 19.4. The zero-order chi connectivity index (χ0) is 10.7. The van der Waals surface area contributed by atoms with Crippen LogP contribution in [0.4, 0.5) is 10.5 Å². The summed E-state index contributed by atoms with van der Waals surface area (Å²) in [5, 5.41) is 0. The minimum Gasteiger partial charge on any atom is -0.319 e. The molecule has 1 aliphatic heterocycles. The lowest BCUT2D eigenvalue weighted by Gasteiger charge is -2.16. The molecule has 4 heteroatoms. The van der Waals surface area contributed by atoms with E-state index in [1.807, 2.05) is 12.1 Å². The number of carbonyl (C=O) groups excluding carboxylic acids is 1. The summed E-state index contributed by atoms with van der Waals surface area (Å²) >= 11 is 0. The molecular weight excluding hydrogens is 190 g/mol. The molecule has 15 heavy (non-hydrogen) atoms. The summed E-state index contributed by atoms with van der Waals surface area (Å²) in [5.41, 5.74) is 0.856. The van der Waals surface area contributed by atoms with Gasteiger partial charge in [0.2, 0.25) is 0 Å². The molecule has 0 spiro atoms. The van der Waals surface area contributed by atoms with Crippen LogP contribution in [0.3, 0.4) is 0 Å². The number of anilines is 1. The lowest BCUT2D eigenvalue weighted by atomic mass is 10.4. The van der Waals surface area contributed by atoms with Gasteiger partial charge in [0.05, 0.1) is 11.9 Å². The average molecular weight is 203 g/mol. The summed E-state index contributed by atoms with van der Waals surface area (Å²) in [6.45, 7) is 5.71. The average Bonchev–Trinajstić information content (AvgIpc) is 2.63. The standard InChI is InChI=1S/C11H13N3O/c1-2-6-13-7-8-14(11(13)15)10-4-3-5-12-9-10/h2-5,9H,1,6-8H2. The van der Waals surface area contributed by atoms with Crippen molar-refractivity contribution in [3.05, 3.63) is 37.2 Å². The van der Waals surface area contributed by atoms with Crippen LogP contribution in [0.1, 0.15) is 0 Å². The second kappa shape index (κ2) is 4.13. The molecule has 2 amide bonds. The van der Waals surface area contributed by atoms with Crippen molar-refractivity contribution in [3.63, 3.8) is 0 Å². The van der Waals surface area contributed by atoms with Crippen LogP contribution in [0.25, 0.3) is 0 Å². The number of carbonyl (C=O) groups is 1. The highest BCUT2D eigenvalue weighted by Gasteiger charge is 2.28. The number of urea groups is 1. The van der Waals surface area contributed by atoms with Crippen LogP contribution in [-0.2, 0) is 0 Å². The van der Waals surface area contributed by atoms with E-state index in [-0.39, 0.29) is 6.03 Å². The van der Waals surface area contributed by atoms with Gasteiger partial charge in [-0.05, 0) is 12.1 Å². The third-order valence-electron chi connectivity index (χ3n) is 2.40. The van der Waals surface area contributed by atoms with Gasteiger partial charge in [0.15, 0.2) is 0 Å². The first-order chi connectivity index (χ1) is 7.33. The summed E-state index contributed by atoms with van der Waals surface area (Å²) in [7, 11) is 0. The second-order valence-electron chi connectivity index (χ2n) is 3.38. The maximum absolute atomic E-state index is 11.9. The lowest BCUT2D eigenvalue weighted by molar-refractivity contribution is 0.225. The van der Waals surface area contributed by atoms with Gasteiger partial charge in [0.1, 0.15) is 0 Å². The van der Waals surface area contributed by atoms with Crippen LogP contribution in [0.5, 0.6) is 0 Å². The first-order valence-electron chi connectivity index (χ1n) is 4.90. The summed E-state index contributed by atoms with van der Waals surface area (Å²) in [6.07, 6.45) is 5.14. The predicted octanol–water partition coefficient (Wildman–Crippen LogP) is 1.51. The number of amides is 2. The number of pyridine rings is 1. The summed E-state index contributed by atoms with van der Waals surface area (Å²) in [5.74, 6) is 0. The molecule has 0 N–H and O–H groups in total. The Hall–Kier alpha value is -1.84. The molecule has 0 saturated carbocycles. The van der Waals surface area contributed by atoms with E-state index in [1.165, 1.54) is 0 Å². The number of hydrogen-bond acceptors (Lipinski definition) is 2. The minimum absolute atomic E-state index is 0.0305. The number of rotatable bonds is 3. The van der Waals surface area contributed by atoms with Crippen molar-refractivity contribution < 1.29 is 4.79 Å². The van der Waals surface area contributed by atoms with Crippen molar-refractivity contribution in [1.82, 2.24) is 9.88 Å². The first kappa shape index (κ1) is 9.71. The van der Waals surface area contributed by atoms with Crippen molar-refractivity contribution in [1.29, 1.82) is 0 Å². The Morgan fingerprint density at radius 2 is 2.40 bits per heavy atom. The van der Waals surface area contributed by atoms with E-state index in [0.29, 0.717) is 6.54 Å². The van der Waals surface area contributed by atoms with Crippen LogP contribution in [0.2, 0.25) is 0 Å². The molecule has 1 aliphatic rings. The van der Waals surface area contributed by atoms with Crippen LogP contribution in [0, 0.1) is 0 Å². The fourth-order valence-electron chi connectivity index (χ4n) is 1.66. The van der Waals surface area contributed by atoms with E-state index >= 15 is 0 Å². The molecule has 1 saturated heterocycles. The van der Waals surface area contributed by atoms with Crippen molar-refractivity contribution in [2.24, 2.45) is 0 Å². The fourth-order valence-corrected chi connectivity index (χ4v) is 1.66. The molecule has 0 radical (unpaired) electrons. The fraction of sp³-hybridized carbons (Fsp3) is 0.273. The second-order valence-corrected chi connectivity index (χ2v) is 3.38. The highest BCUT2D eigenvalue weighted by Crippen LogP contribution is 2.18. The van der Waals surface area contributed by atoms with Gasteiger partial charge in [0.25, 0.3) is 0 Å². The molecule has 0 unspecified atom stereocenters. The Morgan fingerprint density at radius 3 is 3.07 bits per heavy atom. The van der Waals surface area contributed by atoms with Gasteiger partial charge in [-0.2, -0.15) is 0 Å². The number of nitrogens with zero attached hydrogens (tertiary/aromatic N) is 3. The molecule has 4 nitrogen and oxygen atoms in total. The normalized spacial score (nSPS) is 15.9. The van der Waals surface area contributed by atoms with Crippen LogP contribution in [0.15, 0.2) is 37.2 Å². The van der Waals surface area contributed by atoms with Crippen molar-refractivity contribution in [2.75, 3.05) is 24.5 Å². The highest BCUT2D eigenvalue weighted by atomic mass is 16.2. The molecule has 1 aromatic heterocycles.